The largest absolute Gasteiger partial charge is 0.393 e. The highest BCUT2D eigenvalue weighted by molar-refractivity contribution is 5.79. The predicted molar refractivity (Wildman–Crippen MR) is 120 cm³/mol. The number of benzene rings is 2. The van der Waals surface area contributed by atoms with Crippen LogP contribution in [0.2, 0.25) is 0 Å². The zero-order valence-electron chi connectivity index (χ0n) is 17.8. The second-order valence-electron chi connectivity index (χ2n) is 7.82. The molecule has 2 aromatic carbocycles. The highest BCUT2D eigenvalue weighted by Gasteiger charge is 2.16. The fourth-order valence-corrected chi connectivity index (χ4v) is 3.57. The highest BCUT2D eigenvalue weighted by atomic mass is 19.1. The Bertz CT molecular complexity index is 784. The van der Waals surface area contributed by atoms with Crippen LogP contribution in [0.5, 0.6) is 0 Å². The molecule has 1 aliphatic rings. The summed E-state index contributed by atoms with van der Waals surface area (Å²) >= 11 is 0. The van der Waals surface area contributed by atoms with Crippen molar-refractivity contribution in [2.24, 2.45) is 4.99 Å². The lowest BCUT2D eigenvalue weighted by Crippen LogP contribution is -2.38. The summed E-state index contributed by atoms with van der Waals surface area (Å²) in [5.74, 6) is 0.581. The predicted octanol–water partition coefficient (Wildman–Crippen LogP) is 3.08. The third kappa shape index (κ3) is 7.43. The number of aliphatic imine (C=N–C) groups is 1. The number of hydrogen-bond donors (Lipinski definition) is 3. The maximum atomic E-state index is 13.0. The van der Waals surface area contributed by atoms with Crippen molar-refractivity contribution in [3.05, 3.63) is 71.0 Å². The van der Waals surface area contributed by atoms with Crippen molar-refractivity contribution < 1.29 is 9.50 Å². The van der Waals surface area contributed by atoms with E-state index in [0.29, 0.717) is 6.54 Å². The molecule has 30 heavy (non-hydrogen) atoms. The van der Waals surface area contributed by atoms with E-state index in [-0.39, 0.29) is 11.9 Å². The van der Waals surface area contributed by atoms with Crippen LogP contribution >= 0.6 is 0 Å². The number of piperidine rings is 1. The van der Waals surface area contributed by atoms with Crippen LogP contribution in [-0.2, 0) is 19.5 Å². The van der Waals surface area contributed by atoms with Crippen LogP contribution in [0.15, 0.2) is 53.5 Å². The maximum absolute atomic E-state index is 13.0. The number of guanidine groups is 1. The van der Waals surface area contributed by atoms with Gasteiger partial charge in [0.2, 0.25) is 0 Å². The molecular weight excluding hydrogens is 379 g/mol. The number of nitrogens with zero attached hydrogens (tertiary/aromatic N) is 2. The van der Waals surface area contributed by atoms with Gasteiger partial charge >= 0.3 is 0 Å². The van der Waals surface area contributed by atoms with Gasteiger partial charge in [-0.15, -0.1) is 0 Å². The molecule has 162 valence electrons. The Morgan fingerprint density at radius 2 is 1.63 bits per heavy atom. The maximum Gasteiger partial charge on any atom is 0.191 e. The van der Waals surface area contributed by atoms with Crippen molar-refractivity contribution in [2.75, 3.05) is 26.2 Å². The topological polar surface area (TPSA) is 59.9 Å². The van der Waals surface area contributed by atoms with E-state index in [1.807, 2.05) is 19.1 Å². The van der Waals surface area contributed by atoms with E-state index in [0.717, 1.165) is 63.5 Å². The Labute approximate surface area is 179 Å². The summed E-state index contributed by atoms with van der Waals surface area (Å²) in [7, 11) is 0. The fourth-order valence-electron chi connectivity index (χ4n) is 3.57. The molecule has 3 N–H and O–H groups in total. The first-order chi connectivity index (χ1) is 14.6. The first-order valence-electron chi connectivity index (χ1n) is 10.9. The van der Waals surface area contributed by atoms with Crippen LogP contribution in [0, 0.1) is 5.82 Å². The molecule has 0 aliphatic carbocycles. The summed E-state index contributed by atoms with van der Waals surface area (Å²) < 4.78 is 13.0. The SMILES string of the molecule is CCNC(=NCc1ccc(CN2CCC(O)CC2)cc1)NCCc1ccc(F)cc1. The van der Waals surface area contributed by atoms with Gasteiger partial charge < -0.3 is 15.7 Å². The Balaban J connectivity index is 1.46. The van der Waals surface area contributed by atoms with E-state index in [1.54, 1.807) is 0 Å². The molecule has 0 atom stereocenters. The minimum atomic E-state index is -0.206. The molecule has 1 aliphatic heterocycles. The number of aliphatic hydroxyl groups is 1. The first-order valence-corrected chi connectivity index (χ1v) is 10.9. The Morgan fingerprint density at radius 1 is 1.00 bits per heavy atom. The molecule has 0 aromatic heterocycles. The Morgan fingerprint density at radius 3 is 2.30 bits per heavy atom. The van der Waals surface area contributed by atoms with Gasteiger partial charge in [0, 0.05) is 32.7 Å². The Kier molecular flexibility index (Phi) is 8.66. The number of rotatable bonds is 8. The minimum absolute atomic E-state index is 0.128. The van der Waals surface area contributed by atoms with Crippen molar-refractivity contribution >= 4 is 5.96 Å². The van der Waals surface area contributed by atoms with Crippen LogP contribution in [-0.4, -0.2) is 48.2 Å². The van der Waals surface area contributed by atoms with Crippen LogP contribution in [0.1, 0.15) is 36.5 Å². The van der Waals surface area contributed by atoms with Crippen molar-refractivity contribution in [1.29, 1.82) is 0 Å². The number of hydrogen-bond acceptors (Lipinski definition) is 3. The van der Waals surface area contributed by atoms with Crippen molar-refractivity contribution in [1.82, 2.24) is 15.5 Å². The van der Waals surface area contributed by atoms with Gasteiger partial charge in [-0.25, -0.2) is 9.38 Å². The fraction of sp³-hybridized carbons (Fsp3) is 0.458. The first kappa shape index (κ1) is 22.2. The van der Waals surface area contributed by atoms with Gasteiger partial charge in [-0.2, -0.15) is 0 Å². The summed E-state index contributed by atoms with van der Waals surface area (Å²) in [5.41, 5.74) is 3.56. The Hall–Kier alpha value is -2.44. The van der Waals surface area contributed by atoms with Crippen molar-refractivity contribution in [2.45, 2.75) is 45.4 Å². The number of nitrogens with one attached hydrogen (secondary N) is 2. The molecule has 0 unspecified atom stereocenters. The monoisotopic (exact) mass is 412 g/mol. The molecule has 5 nitrogen and oxygen atoms in total. The van der Waals surface area contributed by atoms with E-state index in [4.69, 9.17) is 0 Å². The lowest BCUT2D eigenvalue weighted by atomic mass is 10.1. The summed E-state index contributed by atoms with van der Waals surface area (Å²) in [5, 5.41) is 16.2. The van der Waals surface area contributed by atoms with E-state index in [2.05, 4.69) is 44.8 Å². The summed E-state index contributed by atoms with van der Waals surface area (Å²) in [6.07, 6.45) is 2.42. The molecule has 0 saturated carbocycles. The van der Waals surface area contributed by atoms with Gasteiger partial charge in [0.15, 0.2) is 5.96 Å². The van der Waals surface area contributed by atoms with Crippen LogP contribution in [0.3, 0.4) is 0 Å². The average molecular weight is 413 g/mol. The lowest BCUT2D eigenvalue weighted by molar-refractivity contribution is 0.0792. The number of halogens is 1. The van der Waals surface area contributed by atoms with E-state index in [9.17, 15) is 9.50 Å². The van der Waals surface area contributed by atoms with E-state index >= 15 is 0 Å². The quantitative estimate of drug-likeness (QED) is 0.461. The third-order valence-electron chi connectivity index (χ3n) is 5.37. The standard InChI is InChI=1S/C24H33FN4O/c1-2-26-24(27-14-11-19-7-9-22(25)10-8-19)28-17-20-3-5-21(6-4-20)18-29-15-12-23(30)13-16-29/h3-10,23,30H,2,11-18H2,1H3,(H2,26,27,28). The average Bonchev–Trinajstić information content (AvgIpc) is 2.76. The second-order valence-corrected chi connectivity index (χ2v) is 7.82. The summed E-state index contributed by atoms with van der Waals surface area (Å²) in [6, 6.07) is 15.2. The van der Waals surface area contributed by atoms with Gasteiger partial charge in [0.25, 0.3) is 0 Å². The molecule has 1 saturated heterocycles. The molecule has 1 heterocycles. The molecule has 6 heteroatoms. The molecule has 1 fully saturated rings. The van der Waals surface area contributed by atoms with Crippen molar-refractivity contribution in [3.63, 3.8) is 0 Å². The van der Waals surface area contributed by atoms with Gasteiger partial charge in [-0.05, 0) is 55.0 Å². The lowest BCUT2D eigenvalue weighted by Gasteiger charge is -2.29. The second kappa shape index (κ2) is 11.7. The van der Waals surface area contributed by atoms with Gasteiger partial charge in [0.1, 0.15) is 5.82 Å². The zero-order chi connectivity index (χ0) is 21.2. The van der Waals surface area contributed by atoms with Gasteiger partial charge in [0.05, 0.1) is 12.6 Å². The smallest absolute Gasteiger partial charge is 0.191 e. The molecule has 0 spiro atoms. The molecule has 0 amide bonds. The molecule has 2 aromatic rings. The minimum Gasteiger partial charge on any atom is -0.393 e. The van der Waals surface area contributed by atoms with Crippen LogP contribution in [0.25, 0.3) is 0 Å². The van der Waals surface area contributed by atoms with Crippen molar-refractivity contribution in [3.8, 4) is 0 Å². The molecule has 3 rings (SSSR count). The molecule has 0 bridgehead atoms. The normalized spacial score (nSPS) is 15.9. The highest BCUT2D eigenvalue weighted by Crippen LogP contribution is 2.14. The van der Waals surface area contributed by atoms with Crippen LogP contribution in [0.4, 0.5) is 4.39 Å². The van der Waals surface area contributed by atoms with Gasteiger partial charge in [-0.3, -0.25) is 4.90 Å². The third-order valence-corrected chi connectivity index (χ3v) is 5.37. The molecule has 0 radical (unpaired) electrons. The van der Waals surface area contributed by atoms with Crippen LogP contribution < -0.4 is 10.6 Å². The summed E-state index contributed by atoms with van der Waals surface area (Å²) in [4.78, 5) is 7.08. The van der Waals surface area contributed by atoms with E-state index < -0.39 is 0 Å². The summed E-state index contributed by atoms with van der Waals surface area (Å²) in [6.45, 7) is 7.05. The zero-order valence-corrected chi connectivity index (χ0v) is 17.8. The van der Waals surface area contributed by atoms with E-state index in [1.165, 1.54) is 23.3 Å². The molecular formula is C24H33FN4O. The number of aliphatic hydroxyl groups excluding tert-OH is 1. The number of likely N-dealkylation sites (tertiary alicyclic amines) is 1. The van der Waals surface area contributed by atoms with Gasteiger partial charge in [-0.1, -0.05) is 36.4 Å².